The first-order valence-corrected chi connectivity index (χ1v) is 9.47. The van der Waals surface area contributed by atoms with Gasteiger partial charge < -0.3 is 4.52 Å². The van der Waals surface area contributed by atoms with E-state index in [4.69, 9.17) is 4.52 Å². The van der Waals surface area contributed by atoms with Crippen molar-refractivity contribution in [3.05, 3.63) is 64.7 Å². The average molecular weight is 375 g/mol. The number of benzene rings is 2. The molecule has 28 heavy (non-hydrogen) atoms. The molecular weight excluding hydrogens is 350 g/mol. The van der Waals surface area contributed by atoms with Gasteiger partial charge in [-0.25, -0.2) is 4.79 Å². The molecule has 2 aromatic carbocycles. The van der Waals surface area contributed by atoms with E-state index in [0.717, 1.165) is 39.2 Å². The molecule has 144 valence electrons. The molecule has 2 aromatic heterocycles. The molecule has 0 saturated carbocycles. The first-order chi connectivity index (χ1) is 13.3. The molecular formula is C23H25N3O2. The van der Waals surface area contributed by atoms with Crippen LogP contribution in [0.15, 0.2) is 57.8 Å². The summed E-state index contributed by atoms with van der Waals surface area (Å²) in [6.45, 7) is 9.03. The van der Waals surface area contributed by atoms with Gasteiger partial charge in [-0.15, -0.1) is 0 Å². The molecule has 0 amide bonds. The third kappa shape index (κ3) is 3.07. The fraction of sp³-hybridized carbons (Fsp3) is 0.304. The first kappa shape index (κ1) is 18.3. The third-order valence-corrected chi connectivity index (χ3v) is 4.97. The number of imidazole rings is 1. The molecule has 0 radical (unpaired) electrons. The normalized spacial score (nSPS) is 12.0. The number of hydrogen-bond acceptors (Lipinski definition) is 3. The minimum absolute atomic E-state index is 0.00685. The minimum atomic E-state index is 0.00685. The van der Waals surface area contributed by atoms with Crippen LogP contribution in [-0.4, -0.2) is 14.3 Å². The van der Waals surface area contributed by atoms with Gasteiger partial charge in [-0.2, -0.15) is 0 Å². The highest BCUT2D eigenvalue weighted by Crippen LogP contribution is 2.36. The minimum Gasteiger partial charge on any atom is -0.355 e. The van der Waals surface area contributed by atoms with Crippen LogP contribution in [0.5, 0.6) is 0 Å². The molecule has 0 unspecified atom stereocenters. The number of hydrogen-bond donors (Lipinski definition) is 0. The second-order valence-electron chi connectivity index (χ2n) is 8.53. The van der Waals surface area contributed by atoms with E-state index < -0.39 is 0 Å². The molecule has 0 N–H and O–H groups in total. The molecule has 0 saturated heterocycles. The van der Waals surface area contributed by atoms with Gasteiger partial charge in [0, 0.05) is 19.2 Å². The smallest absolute Gasteiger partial charge is 0.328 e. The molecule has 0 spiro atoms. The Labute approximate surface area is 164 Å². The number of nitrogens with zero attached hydrogens (tertiary/aromatic N) is 3. The summed E-state index contributed by atoms with van der Waals surface area (Å²) in [6.07, 6.45) is 0. The predicted molar refractivity (Wildman–Crippen MR) is 112 cm³/mol. The summed E-state index contributed by atoms with van der Waals surface area (Å²) in [7, 11) is 1.83. The lowest BCUT2D eigenvalue weighted by atomic mass is 9.96. The van der Waals surface area contributed by atoms with Crippen molar-refractivity contribution in [3.8, 4) is 22.5 Å². The van der Waals surface area contributed by atoms with Crippen LogP contribution in [0.4, 0.5) is 0 Å². The van der Waals surface area contributed by atoms with Gasteiger partial charge in [-0.05, 0) is 30.0 Å². The second kappa shape index (κ2) is 6.51. The average Bonchev–Trinajstić information content (AvgIpc) is 3.15. The maximum atomic E-state index is 12.8. The molecule has 4 rings (SSSR count). The van der Waals surface area contributed by atoms with Gasteiger partial charge in [-0.1, -0.05) is 62.3 Å². The molecule has 0 fully saturated rings. The van der Waals surface area contributed by atoms with Crippen LogP contribution in [0.1, 0.15) is 26.5 Å². The fourth-order valence-electron chi connectivity index (χ4n) is 3.69. The van der Waals surface area contributed by atoms with Gasteiger partial charge in [0.25, 0.3) is 0 Å². The predicted octanol–water partition coefficient (Wildman–Crippen LogP) is 5.02. The van der Waals surface area contributed by atoms with Crippen molar-refractivity contribution in [1.82, 2.24) is 14.3 Å². The Kier molecular flexibility index (Phi) is 4.26. The van der Waals surface area contributed by atoms with Crippen LogP contribution in [0.2, 0.25) is 0 Å². The Morgan fingerprint density at radius 1 is 1.00 bits per heavy atom. The number of aryl methyl sites for hydroxylation is 2. The van der Waals surface area contributed by atoms with Crippen molar-refractivity contribution in [3.63, 3.8) is 0 Å². The largest absolute Gasteiger partial charge is 0.355 e. The second-order valence-corrected chi connectivity index (χ2v) is 8.53. The van der Waals surface area contributed by atoms with Gasteiger partial charge >= 0.3 is 5.69 Å². The number of rotatable bonds is 3. The summed E-state index contributed by atoms with van der Waals surface area (Å²) in [5.74, 6) is 0.747. The summed E-state index contributed by atoms with van der Waals surface area (Å²) in [6, 6.07) is 16.1. The third-order valence-electron chi connectivity index (χ3n) is 4.97. The zero-order valence-electron chi connectivity index (χ0n) is 17.0. The highest BCUT2D eigenvalue weighted by atomic mass is 16.5. The van der Waals surface area contributed by atoms with Crippen LogP contribution in [0.25, 0.3) is 33.5 Å². The standard InChI is InChI=1S/C23H25N3O2/c1-15-20(21(28-24-15)16-9-7-6-8-10-16)17-11-12-18-19(13-17)25(5)22(27)26(18)14-23(2,3)4/h6-13H,14H2,1-5H3. The molecule has 4 aromatic rings. The first-order valence-electron chi connectivity index (χ1n) is 9.47. The van der Waals surface area contributed by atoms with Crippen LogP contribution in [-0.2, 0) is 13.6 Å². The maximum absolute atomic E-state index is 12.8. The highest BCUT2D eigenvalue weighted by Gasteiger charge is 2.21. The summed E-state index contributed by atoms with van der Waals surface area (Å²) >= 11 is 0. The molecule has 0 atom stereocenters. The van der Waals surface area contributed by atoms with Crippen molar-refractivity contribution in [2.24, 2.45) is 12.5 Å². The van der Waals surface area contributed by atoms with Gasteiger partial charge in [-0.3, -0.25) is 9.13 Å². The summed E-state index contributed by atoms with van der Waals surface area (Å²) < 4.78 is 9.23. The van der Waals surface area contributed by atoms with Crippen LogP contribution < -0.4 is 5.69 Å². The molecule has 5 nitrogen and oxygen atoms in total. The van der Waals surface area contributed by atoms with Gasteiger partial charge in [0.2, 0.25) is 0 Å². The van der Waals surface area contributed by atoms with Gasteiger partial charge in [0.1, 0.15) is 0 Å². The van der Waals surface area contributed by atoms with Crippen LogP contribution in [0.3, 0.4) is 0 Å². The zero-order chi connectivity index (χ0) is 20.1. The zero-order valence-corrected chi connectivity index (χ0v) is 17.0. The Morgan fingerprint density at radius 2 is 1.71 bits per heavy atom. The van der Waals surface area contributed by atoms with Gasteiger partial charge in [0.05, 0.1) is 22.3 Å². The van der Waals surface area contributed by atoms with E-state index in [0.29, 0.717) is 6.54 Å². The molecule has 0 bridgehead atoms. The van der Waals surface area contributed by atoms with E-state index >= 15 is 0 Å². The summed E-state index contributed by atoms with van der Waals surface area (Å²) in [5, 5.41) is 4.19. The Balaban J connectivity index is 1.90. The van der Waals surface area contributed by atoms with Crippen molar-refractivity contribution in [2.45, 2.75) is 34.2 Å². The Bertz CT molecular complexity index is 1200. The van der Waals surface area contributed by atoms with Crippen molar-refractivity contribution in [2.75, 3.05) is 0 Å². The SMILES string of the molecule is Cc1noc(-c2ccccc2)c1-c1ccc2c(c1)n(C)c(=O)n2CC(C)(C)C. The van der Waals surface area contributed by atoms with Crippen molar-refractivity contribution in [1.29, 1.82) is 0 Å². The topological polar surface area (TPSA) is 53.0 Å². The van der Waals surface area contributed by atoms with Crippen molar-refractivity contribution >= 4 is 11.0 Å². The van der Waals surface area contributed by atoms with E-state index in [1.54, 1.807) is 4.57 Å². The van der Waals surface area contributed by atoms with Gasteiger partial charge in [0.15, 0.2) is 5.76 Å². The summed E-state index contributed by atoms with van der Waals surface area (Å²) in [5.41, 5.74) is 5.65. The maximum Gasteiger partial charge on any atom is 0.328 e. The number of aromatic nitrogens is 3. The molecule has 0 aliphatic rings. The van der Waals surface area contributed by atoms with E-state index in [9.17, 15) is 4.79 Å². The molecule has 0 aliphatic carbocycles. The van der Waals surface area contributed by atoms with Crippen molar-refractivity contribution < 1.29 is 4.52 Å². The Morgan fingerprint density at radius 3 is 2.39 bits per heavy atom. The quantitative estimate of drug-likeness (QED) is 0.505. The fourth-order valence-corrected chi connectivity index (χ4v) is 3.69. The lowest BCUT2D eigenvalue weighted by molar-refractivity contribution is 0.342. The van der Waals surface area contributed by atoms with E-state index in [2.05, 4.69) is 32.0 Å². The molecule has 5 heteroatoms. The highest BCUT2D eigenvalue weighted by molar-refractivity contribution is 5.88. The lowest BCUT2D eigenvalue weighted by Gasteiger charge is -2.18. The van der Waals surface area contributed by atoms with Crippen LogP contribution >= 0.6 is 0 Å². The van der Waals surface area contributed by atoms with E-state index in [1.165, 1.54) is 0 Å². The van der Waals surface area contributed by atoms with Crippen LogP contribution in [0, 0.1) is 12.3 Å². The molecule has 0 aliphatic heterocycles. The lowest BCUT2D eigenvalue weighted by Crippen LogP contribution is -2.27. The monoisotopic (exact) mass is 375 g/mol. The Hall–Kier alpha value is -3.08. The molecule has 2 heterocycles. The summed E-state index contributed by atoms with van der Waals surface area (Å²) in [4.78, 5) is 12.8. The van der Waals surface area contributed by atoms with E-state index in [-0.39, 0.29) is 11.1 Å². The van der Waals surface area contributed by atoms with E-state index in [1.807, 2.05) is 61.0 Å². The number of fused-ring (bicyclic) bond motifs is 1.